The fourth-order valence-electron chi connectivity index (χ4n) is 2.71. The number of aromatic nitrogens is 2. The van der Waals surface area contributed by atoms with E-state index in [2.05, 4.69) is 26.5 Å². The smallest absolute Gasteiger partial charge is 0.360 e. The summed E-state index contributed by atoms with van der Waals surface area (Å²) in [6.07, 6.45) is 2.29. The van der Waals surface area contributed by atoms with E-state index in [4.69, 9.17) is 5.11 Å². The third-order valence-corrected chi connectivity index (χ3v) is 4.07. The lowest BCUT2D eigenvalue weighted by molar-refractivity contribution is 0.0590. The van der Waals surface area contributed by atoms with Crippen LogP contribution in [0.2, 0.25) is 0 Å². The summed E-state index contributed by atoms with van der Waals surface area (Å²) in [5.74, 6) is 4.09. The Hall–Kier alpha value is -3.43. The number of carbonyl (C=O) groups excluding carboxylic acids is 1. The number of benzene rings is 1. The van der Waals surface area contributed by atoms with Crippen LogP contribution in [0.4, 0.5) is 0 Å². The average Bonchev–Trinajstić information content (AvgIpc) is 2.68. The molecule has 0 spiro atoms. The van der Waals surface area contributed by atoms with E-state index in [1.807, 2.05) is 37.3 Å². The Balaban J connectivity index is 2.13. The van der Waals surface area contributed by atoms with Gasteiger partial charge in [-0.25, -0.2) is 9.78 Å². The molecule has 0 aliphatic carbocycles. The van der Waals surface area contributed by atoms with Gasteiger partial charge < -0.3 is 14.9 Å². The van der Waals surface area contributed by atoms with E-state index in [1.165, 1.54) is 12.7 Å². The van der Waals surface area contributed by atoms with Crippen LogP contribution in [0.25, 0.3) is 10.9 Å². The van der Waals surface area contributed by atoms with Gasteiger partial charge in [-0.1, -0.05) is 35.7 Å². The van der Waals surface area contributed by atoms with Gasteiger partial charge in [0.15, 0.2) is 11.4 Å². The van der Waals surface area contributed by atoms with Gasteiger partial charge in [-0.15, -0.1) is 0 Å². The van der Waals surface area contributed by atoms with E-state index in [-0.39, 0.29) is 29.3 Å². The molecular weight excluding hydrogens is 344 g/mol. The van der Waals surface area contributed by atoms with Crippen LogP contribution in [-0.2, 0) is 11.2 Å². The van der Waals surface area contributed by atoms with Crippen LogP contribution in [0.3, 0.4) is 0 Å². The molecule has 0 saturated carbocycles. The van der Waals surface area contributed by atoms with Crippen molar-refractivity contribution in [2.45, 2.75) is 13.3 Å². The zero-order valence-electron chi connectivity index (χ0n) is 15.0. The molecule has 2 aromatic heterocycles. The molecule has 2 N–H and O–H groups in total. The van der Waals surface area contributed by atoms with Gasteiger partial charge in [-0.2, -0.15) is 0 Å². The van der Waals surface area contributed by atoms with E-state index in [9.17, 15) is 9.90 Å². The molecule has 27 heavy (non-hydrogen) atoms. The molecule has 0 fully saturated rings. The van der Waals surface area contributed by atoms with E-state index in [0.717, 1.165) is 11.1 Å². The largest absolute Gasteiger partial charge is 0.504 e. The minimum atomic E-state index is -0.785. The molecule has 1 aromatic carbocycles. The predicted molar refractivity (Wildman–Crippen MR) is 100 cm³/mol. The summed E-state index contributed by atoms with van der Waals surface area (Å²) in [5, 5.41) is 19.9. The standard InChI is InChI=1S/C21H18N2O4/c1-13-5-7-14(8-6-13)10-15-11-16-17(4-3-9-24)23-19(21(26)27-2)20(25)18(16)22-12-15/h5-8,11-12,24-25H,9-10H2,1-2H3. The van der Waals surface area contributed by atoms with Crippen LogP contribution in [-0.4, -0.2) is 39.9 Å². The molecule has 0 radical (unpaired) electrons. The molecule has 3 rings (SSSR count). The number of aliphatic hydroxyl groups excluding tert-OH is 1. The first-order chi connectivity index (χ1) is 13.0. The van der Waals surface area contributed by atoms with Gasteiger partial charge in [0.25, 0.3) is 0 Å². The Labute approximate surface area is 156 Å². The van der Waals surface area contributed by atoms with Crippen LogP contribution < -0.4 is 0 Å². The van der Waals surface area contributed by atoms with Crippen molar-refractivity contribution >= 4 is 16.9 Å². The molecular formula is C21H18N2O4. The van der Waals surface area contributed by atoms with E-state index < -0.39 is 5.97 Å². The highest BCUT2D eigenvalue weighted by Gasteiger charge is 2.20. The molecule has 0 aliphatic heterocycles. The summed E-state index contributed by atoms with van der Waals surface area (Å²) in [4.78, 5) is 20.3. The summed E-state index contributed by atoms with van der Waals surface area (Å²) >= 11 is 0. The summed E-state index contributed by atoms with van der Waals surface area (Å²) in [5.41, 5.74) is 3.40. The number of aryl methyl sites for hydroxylation is 1. The molecule has 3 aromatic rings. The number of methoxy groups -OCH3 is 1. The Morgan fingerprint density at radius 2 is 1.96 bits per heavy atom. The van der Waals surface area contributed by atoms with Crippen LogP contribution in [0, 0.1) is 18.8 Å². The lowest BCUT2D eigenvalue weighted by atomic mass is 10.0. The van der Waals surface area contributed by atoms with Gasteiger partial charge in [-0.05, 0) is 36.5 Å². The van der Waals surface area contributed by atoms with Gasteiger partial charge in [0, 0.05) is 11.6 Å². The third-order valence-electron chi connectivity index (χ3n) is 4.07. The molecule has 0 atom stereocenters. The average molecular weight is 362 g/mol. The maximum atomic E-state index is 11.9. The number of fused-ring (bicyclic) bond motifs is 1. The highest BCUT2D eigenvalue weighted by atomic mass is 16.5. The van der Waals surface area contributed by atoms with Crippen molar-refractivity contribution in [2.24, 2.45) is 0 Å². The first-order valence-electron chi connectivity index (χ1n) is 8.28. The van der Waals surface area contributed by atoms with E-state index >= 15 is 0 Å². The van der Waals surface area contributed by atoms with E-state index in [1.54, 1.807) is 6.20 Å². The Bertz CT molecular complexity index is 1060. The van der Waals surface area contributed by atoms with Crippen molar-refractivity contribution in [3.05, 3.63) is 64.6 Å². The van der Waals surface area contributed by atoms with Gasteiger partial charge in [0.05, 0.1) is 7.11 Å². The lowest BCUT2D eigenvalue weighted by Crippen LogP contribution is -2.07. The van der Waals surface area contributed by atoms with Crippen LogP contribution >= 0.6 is 0 Å². The molecule has 0 bridgehead atoms. The fourth-order valence-corrected chi connectivity index (χ4v) is 2.71. The number of ether oxygens (including phenoxy) is 1. The lowest BCUT2D eigenvalue weighted by Gasteiger charge is -2.09. The van der Waals surface area contributed by atoms with Crippen molar-refractivity contribution in [3.63, 3.8) is 0 Å². The second-order valence-electron chi connectivity index (χ2n) is 6.01. The molecule has 136 valence electrons. The second-order valence-corrected chi connectivity index (χ2v) is 6.01. The minimum absolute atomic E-state index is 0.209. The Morgan fingerprint density at radius 3 is 2.63 bits per heavy atom. The van der Waals surface area contributed by atoms with Crippen molar-refractivity contribution in [1.29, 1.82) is 0 Å². The van der Waals surface area contributed by atoms with E-state index in [0.29, 0.717) is 11.8 Å². The van der Waals surface area contributed by atoms with Gasteiger partial charge in [0.2, 0.25) is 0 Å². The molecule has 0 aliphatic rings. The number of aliphatic hydroxyl groups is 1. The summed E-state index contributed by atoms with van der Waals surface area (Å²) in [6.45, 7) is 1.68. The van der Waals surface area contributed by atoms with Crippen molar-refractivity contribution < 1.29 is 19.7 Å². The third kappa shape index (κ3) is 3.89. The number of rotatable bonds is 3. The van der Waals surface area contributed by atoms with Crippen molar-refractivity contribution in [1.82, 2.24) is 9.97 Å². The SMILES string of the molecule is COC(=O)c1nc(C#CCO)c2cc(Cc3ccc(C)cc3)cnc2c1O. The van der Waals surface area contributed by atoms with Gasteiger partial charge in [0.1, 0.15) is 17.8 Å². The zero-order chi connectivity index (χ0) is 19.4. The first-order valence-corrected chi connectivity index (χ1v) is 8.28. The predicted octanol–water partition coefficient (Wildman–Crippen LogP) is 2.37. The van der Waals surface area contributed by atoms with Gasteiger partial charge >= 0.3 is 5.97 Å². The highest BCUT2D eigenvalue weighted by molar-refractivity contribution is 5.99. The quantitative estimate of drug-likeness (QED) is 0.549. The fraction of sp³-hybridized carbons (Fsp3) is 0.190. The van der Waals surface area contributed by atoms with Crippen molar-refractivity contribution in [3.8, 4) is 17.6 Å². The number of pyridine rings is 2. The maximum absolute atomic E-state index is 11.9. The Kier molecular flexibility index (Phi) is 5.34. The van der Waals surface area contributed by atoms with Crippen molar-refractivity contribution in [2.75, 3.05) is 13.7 Å². The molecule has 6 nitrogen and oxygen atoms in total. The second kappa shape index (κ2) is 7.85. The molecule has 0 unspecified atom stereocenters. The topological polar surface area (TPSA) is 92.5 Å². The Morgan fingerprint density at radius 1 is 1.22 bits per heavy atom. The first kappa shape index (κ1) is 18.4. The molecule has 6 heteroatoms. The zero-order valence-corrected chi connectivity index (χ0v) is 15.0. The van der Waals surface area contributed by atoms with Crippen LogP contribution in [0.5, 0.6) is 5.75 Å². The molecule has 0 saturated heterocycles. The number of hydrogen-bond donors (Lipinski definition) is 2. The van der Waals surface area contributed by atoms with Gasteiger partial charge in [-0.3, -0.25) is 4.98 Å². The highest BCUT2D eigenvalue weighted by Crippen LogP contribution is 2.29. The number of esters is 1. The number of carbonyl (C=O) groups is 1. The number of hydrogen-bond acceptors (Lipinski definition) is 6. The van der Waals surface area contributed by atoms with Crippen LogP contribution in [0.15, 0.2) is 36.5 Å². The minimum Gasteiger partial charge on any atom is -0.504 e. The summed E-state index contributed by atoms with van der Waals surface area (Å²) in [7, 11) is 1.20. The van der Waals surface area contributed by atoms with Crippen LogP contribution in [0.1, 0.15) is 32.9 Å². The maximum Gasteiger partial charge on any atom is 0.360 e. The molecule has 0 amide bonds. The number of aromatic hydroxyl groups is 1. The normalized spacial score (nSPS) is 10.3. The summed E-state index contributed by atoms with van der Waals surface area (Å²) in [6, 6.07) is 10.00. The number of nitrogens with zero attached hydrogens (tertiary/aromatic N) is 2. The monoisotopic (exact) mass is 362 g/mol. The molecule has 2 heterocycles. The summed E-state index contributed by atoms with van der Waals surface area (Å²) < 4.78 is 4.65.